The molecule has 0 saturated carbocycles. The molecule has 0 aliphatic carbocycles. The first kappa shape index (κ1) is 12.0. The largest absolute Gasteiger partial charge is 0.312 e. The third-order valence-electron chi connectivity index (χ3n) is 3.64. The molecule has 2 nitrogen and oxygen atoms in total. The molecule has 1 fully saturated rings. The first-order chi connectivity index (χ1) is 6.55. The van der Waals surface area contributed by atoms with Crippen molar-refractivity contribution >= 4 is 0 Å². The van der Waals surface area contributed by atoms with Gasteiger partial charge >= 0.3 is 0 Å². The molecule has 0 amide bonds. The van der Waals surface area contributed by atoms with Gasteiger partial charge in [-0.1, -0.05) is 6.92 Å². The summed E-state index contributed by atoms with van der Waals surface area (Å²) in [5.74, 6) is 0. The van der Waals surface area contributed by atoms with Gasteiger partial charge < -0.3 is 10.2 Å². The standard InChI is InChI=1S/C12H26N2/c1-5-12(2,3)13-9-8-11-7-6-10-14(11)4/h11,13H,5-10H2,1-4H3. The fourth-order valence-corrected chi connectivity index (χ4v) is 2.05. The van der Waals surface area contributed by atoms with Crippen molar-refractivity contribution in [1.82, 2.24) is 10.2 Å². The molecule has 14 heavy (non-hydrogen) atoms. The quantitative estimate of drug-likeness (QED) is 0.729. The predicted molar refractivity (Wildman–Crippen MR) is 62.6 cm³/mol. The number of hydrogen-bond donors (Lipinski definition) is 1. The van der Waals surface area contributed by atoms with Crippen LogP contribution in [-0.4, -0.2) is 36.6 Å². The van der Waals surface area contributed by atoms with Crippen LogP contribution in [0.2, 0.25) is 0 Å². The Kier molecular flexibility index (Phi) is 4.39. The van der Waals surface area contributed by atoms with Crippen LogP contribution in [-0.2, 0) is 0 Å². The van der Waals surface area contributed by atoms with Crippen molar-refractivity contribution in [3.63, 3.8) is 0 Å². The van der Waals surface area contributed by atoms with Crippen molar-refractivity contribution in [2.75, 3.05) is 20.1 Å². The van der Waals surface area contributed by atoms with Crippen LogP contribution in [0.15, 0.2) is 0 Å². The van der Waals surface area contributed by atoms with Gasteiger partial charge in [0.15, 0.2) is 0 Å². The zero-order chi connectivity index (χ0) is 10.6. The maximum Gasteiger partial charge on any atom is 0.0122 e. The van der Waals surface area contributed by atoms with E-state index in [-0.39, 0.29) is 0 Å². The van der Waals surface area contributed by atoms with Crippen molar-refractivity contribution in [2.45, 2.75) is 58.0 Å². The van der Waals surface area contributed by atoms with Gasteiger partial charge in [0.2, 0.25) is 0 Å². The minimum Gasteiger partial charge on any atom is -0.312 e. The molecule has 1 unspecified atom stereocenters. The first-order valence-corrected chi connectivity index (χ1v) is 6.00. The first-order valence-electron chi connectivity index (χ1n) is 6.00. The molecule has 1 heterocycles. The lowest BCUT2D eigenvalue weighted by Gasteiger charge is -2.27. The maximum absolute atomic E-state index is 3.63. The third kappa shape index (κ3) is 3.58. The van der Waals surface area contributed by atoms with Crippen LogP contribution < -0.4 is 5.32 Å². The number of rotatable bonds is 5. The second-order valence-electron chi connectivity index (χ2n) is 5.23. The number of nitrogens with one attached hydrogen (secondary N) is 1. The summed E-state index contributed by atoms with van der Waals surface area (Å²) in [4.78, 5) is 2.50. The molecule has 1 aliphatic heterocycles. The molecule has 84 valence electrons. The second-order valence-corrected chi connectivity index (χ2v) is 5.23. The lowest BCUT2D eigenvalue weighted by Crippen LogP contribution is -2.41. The average Bonchev–Trinajstić information content (AvgIpc) is 2.52. The molecular formula is C12H26N2. The Hall–Kier alpha value is -0.0800. The molecule has 1 aliphatic rings. The van der Waals surface area contributed by atoms with Gasteiger partial charge in [-0.05, 0) is 59.7 Å². The summed E-state index contributed by atoms with van der Waals surface area (Å²) in [6, 6.07) is 0.829. The molecule has 0 aromatic rings. The van der Waals surface area contributed by atoms with Crippen LogP contribution in [0.5, 0.6) is 0 Å². The molecule has 2 heteroatoms. The Labute approximate surface area is 89.1 Å². The van der Waals surface area contributed by atoms with Gasteiger partial charge in [-0.2, -0.15) is 0 Å². The molecule has 0 aromatic carbocycles. The fourth-order valence-electron chi connectivity index (χ4n) is 2.05. The summed E-state index contributed by atoms with van der Waals surface area (Å²) in [5.41, 5.74) is 0.317. The second kappa shape index (κ2) is 5.13. The van der Waals surface area contributed by atoms with E-state index in [4.69, 9.17) is 0 Å². The van der Waals surface area contributed by atoms with Gasteiger partial charge in [0.1, 0.15) is 0 Å². The highest BCUT2D eigenvalue weighted by molar-refractivity contribution is 4.80. The van der Waals surface area contributed by atoms with E-state index in [0.29, 0.717) is 5.54 Å². The van der Waals surface area contributed by atoms with Crippen molar-refractivity contribution in [3.8, 4) is 0 Å². The van der Waals surface area contributed by atoms with E-state index < -0.39 is 0 Å². The van der Waals surface area contributed by atoms with Crippen molar-refractivity contribution in [2.24, 2.45) is 0 Å². The highest BCUT2D eigenvalue weighted by Gasteiger charge is 2.21. The van der Waals surface area contributed by atoms with Crippen molar-refractivity contribution in [1.29, 1.82) is 0 Å². The molecule has 0 spiro atoms. The van der Waals surface area contributed by atoms with E-state index in [1.165, 1.54) is 32.2 Å². The number of likely N-dealkylation sites (tertiary alicyclic amines) is 1. The third-order valence-corrected chi connectivity index (χ3v) is 3.64. The lowest BCUT2D eigenvalue weighted by atomic mass is 10.0. The fraction of sp³-hybridized carbons (Fsp3) is 1.00. The molecule has 0 bridgehead atoms. The summed E-state index contributed by atoms with van der Waals surface area (Å²) in [6.45, 7) is 9.27. The Bertz CT molecular complexity index is 166. The van der Waals surface area contributed by atoms with E-state index in [9.17, 15) is 0 Å². The Morgan fingerprint density at radius 1 is 1.43 bits per heavy atom. The summed E-state index contributed by atoms with van der Waals surface area (Å²) in [7, 11) is 2.25. The van der Waals surface area contributed by atoms with E-state index in [1.807, 2.05) is 0 Å². The smallest absolute Gasteiger partial charge is 0.0122 e. The summed E-state index contributed by atoms with van der Waals surface area (Å²) >= 11 is 0. The molecular weight excluding hydrogens is 172 g/mol. The lowest BCUT2D eigenvalue weighted by molar-refractivity contribution is 0.278. The van der Waals surface area contributed by atoms with E-state index in [2.05, 4.69) is 38.0 Å². The van der Waals surface area contributed by atoms with Crippen LogP contribution in [0.3, 0.4) is 0 Å². The van der Waals surface area contributed by atoms with Gasteiger partial charge in [0, 0.05) is 11.6 Å². The van der Waals surface area contributed by atoms with Gasteiger partial charge in [0.05, 0.1) is 0 Å². The van der Waals surface area contributed by atoms with Crippen LogP contribution in [0, 0.1) is 0 Å². The van der Waals surface area contributed by atoms with Gasteiger partial charge in [-0.15, -0.1) is 0 Å². The van der Waals surface area contributed by atoms with Gasteiger partial charge in [0.25, 0.3) is 0 Å². The topological polar surface area (TPSA) is 15.3 Å². The van der Waals surface area contributed by atoms with E-state index in [0.717, 1.165) is 12.6 Å². The maximum atomic E-state index is 3.63. The van der Waals surface area contributed by atoms with Crippen LogP contribution in [0.1, 0.15) is 46.5 Å². The predicted octanol–water partition coefficient (Wildman–Crippen LogP) is 2.25. The summed E-state index contributed by atoms with van der Waals surface area (Å²) < 4.78 is 0. The zero-order valence-electron chi connectivity index (χ0n) is 10.3. The highest BCUT2D eigenvalue weighted by atomic mass is 15.1. The molecule has 1 saturated heterocycles. The van der Waals surface area contributed by atoms with E-state index in [1.54, 1.807) is 0 Å². The highest BCUT2D eigenvalue weighted by Crippen LogP contribution is 2.17. The Morgan fingerprint density at radius 2 is 2.14 bits per heavy atom. The molecule has 0 radical (unpaired) electrons. The molecule has 0 aromatic heterocycles. The normalized spacial score (nSPS) is 24.4. The van der Waals surface area contributed by atoms with Crippen molar-refractivity contribution in [3.05, 3.63) is 0 Å². The molecule has 1 rings (SSSR count). The van der Waals surface area contributed by atoms with E-state index >= 15 is 0 Å². The van der Waals surface area contributed by atoms with Gasteiger partial charge in [-0.25, -0.2) is 0 Å². The number of nitrogens with zero attached hydrogens (tertiary/aromatic N) is 1. The minimum atomic E-state index is 0.317. The average molecular weight is 198 g/mol. The van der Waals surface area contributed by atoms with Crippen LogP contribution in [0.25, 0.3) is 0 Å². The summed E-state index contributed by atoms with van der Waals surface area (Å²) in [5, 5.41) is 3.63. The molecule has 1 N–H and O–H groups in total. The minimum absolute atomic E-state index is 0.317. The monoisotopic (exact) mass is 198 g/mol. The Morgan fingerprint density at radius 3 is 2.64 bits per heavy atom. The van der Waals surface area contributed by atoms with Crippen LogP contribution in [0.4, 0.5) is 0 Å². The number of hydrogen-bond acceptors (Lipinski definition) is 2. The van der Waals surface area contributed by atoms with Crippen molar-refractivity contribution < 1.29 is 0 Å². The van der Waals surface area contributed by atoms with Gasteiger partial charge in [-0.3, -0.25) is 0 Å². The SMILES string of the molecule is CCC(C)(C)NCCC1CCCN1C. The zero-order valence-corrected chi connectivity index (χ0v) is 10.3. The Balaban J connectivity index is 2.15. The van der Waals surface area contributed by atoms with Crippen LogP contribution >= 0.6 is 0 Å². The molecule has 1 atom stereocenters. The summed E-state index contributed by atoms with van der Waals surface area (Å²) in [6.07, 6.45) is 5.29.